The largest absolute Gasteiger partial charge is 0.509 e. The van der Waals surface area contributed by atoms with Crippen LogP contribution in [0.3, 0.4) is 0 Å². The molecule has 1 fully saturated rings. The van der Waals surface area contributed by atoms with Crippen LogP contribution >= 0.6 is 0 Å². The minimum atomic E-state index is -1.31. The number of nitrogens with two attached hydrogens (primary N) is 1. The number of ketones is 2. The Morgan fingerprint density at radius 2 is 1.94 bits per heavy atom. The zero-order chi connectivity index (χ0) is 25.6. The molecular formula is C24H26N4O7. The number of carbonyl (C=O) groups is 3. The number of nitrogens with zero attached hydrogens (tertiary/aromatic N) is 1. The first kappa shape index (κ1) is 22.9. The van der Waals surface area contributed by atoms with E-state index in [0.717, 1.165) is 0 Å². The second-order valence-corrected chi connectivity index (χ2v) is 9.76. The molecule has 1 heterocycles. The third kappa shape index (κ3) is 2.81. The number of allylic oxidation sites excluding steroid dienone is 1. The summed E-state index contributed by atoms with van der Waals surface area (Å²) in [6.45, 7) is 1.67. The van der Waals surface area contributed by atoms with E-state index in [9.17, 15) is 29.4 Å². The van der Waals surface area contributed by atoms with Gasteiger partial charge in [-0.3, -0.25) is 24.3 Å². The molecule has 0 saturated heterocycles. The van der Waals surface area contributed by atoms with Gasteiger partial charge in [0.15, 0.2) is 17.1 Å². The molecule has 5 rings (SSSR count). The fourth-order valence-electron chi connectivity index (χ4n) is 6.14. The molecular weight excluding hydrogens is 456 g/mol. The molecule has 35 heavy (non-hydrogen) atoms. The lowest BCUT2D eigenvalue weighted by atomic mass is 9.55. The van der Waals surface area contributed by atoms with E-state index in [1.807, 2.05) is 0 Å². The van der Waals surface area contributed by atoms with Crippen LogP contribution in [0.25, 0.3) is 16.9 Å². The number of rotatable bonds is 3. The Kier molecular flexibility index (Phi) is 4.79. The summed E-state index contributed by atoms with van der Waals surface area (Å²) in [6, 6.07) is 1.70. The summed E-state index contributed by atoms with van der Waals surface area (Å²) in [7, 11) is 5.08. The van der Waals surface area contributed by atoms with Crippen LogP contribution in [-0.4, -0.2) is 64.3 Å². The second kappa shape index (κ2) is 7.32. The van der Waals surface area contributed by atoms with Crippen molar-refractivity contribution in [2.24, 2.45) is 23.5 Å². The van der Waals surface area contributed by atoms with E-state index in [0.29, 0.717) is 23.2 Å². The molecule has 0 bridgehead atoms. The molecule has 4 unspecified atom stereocenters. The van der Waals surface area contributed by atoms with Gasteiger partial charge in [0.25, 0.3) is 5.91 Å². The molecule has 3 aliphatic carbocycles. The lowest BCUT2D eigenvalue weighted by Crippen LogP contribution is -2.62. The van der Waals surface area contributed by atoms with Gasteiger partial charge in [0.05, 0.1) is 22.5 Å². The Morgan fingerprint density at radius 1 is 1.26 bits per heavy atom. The van der Waals surface area contributed by atoms with Crippen molar-refractivity contribution in [3.63, 3.8) is 0 Å². The standard InChI is InChI=1S/C24H26N4O7/c1-24(28(3)4)10-6-8-5-9-11(26-2)7-12-20(35-23(34)27-12)14(9)17(29)13(8)18(30)15(10)19(31)16(21(24)32)22(25)33/h7-8,10,15,26,29,32H,5-6H2,1-4H3,(H2,25,33)(H,27,34). The van der Waals surface area contributed by atoms with E-state index in [1.54, 1.807) is 39.0 Å². The van der Waals surface area contributed by atoms with Crippen molar-refractivity contribution in [1.29, 1.82) is 0 Å². The molecule has 1 saturated carbocycles. The van der Waals surface area contributed by atoms with Crippen molar-refractivity contribution < 1.29 is 29.0 Å². The van der Waals surface area contributed by atoms with E-state index in [1.165, 1.54) is 0 Å². The molecule has 1 aromatic heterocycles. The number of oxazole rings is 1. The molecule has 11 heteroatoms. The van der Waals surface area contributed by atoms with Gasteiger partial charge in [0, 0.05) is 24.2 Å². The molecule has 184 valence electrons. The maximum Gasteiger partial charge on any atom is 0.417 e. The zero-order valence-corrected chi connectivity index (χ0v) is 19.7. The minimum Gasteiger partial charge on any atom is -0.509 e. The zero-order valence-electron chi connectivity index (χ0n) is 19.7. The number of hydrogen-bond acceptors (Lipinski definition) is 9. The van der Waals surface area contributed by atoms with Gasteiger partial charge in [0.1, 0.15) is 17.1 Å². The number of aromatic amines is 1. The Bertz CT molecular complexity index is 1460. The van der Waals surface area contributed by atoms with Crippen LogP contribution in [0.2, 0.25) is 0 Å². The number of aliphatic hydroxyl groups is 2. The van der Waals surface area contributed by atoms with Gasteiger partial charge >= 0.3 is 5.76 Å². The summed E-state index contributed by atoms with van der Waals surface area (Å²) in [6.07, 6.45) is 0.611. The van der Waals surface area contributed by atoms with Crippen molar-refractivity contribution >= 4 is 40.0 Å². The fourth-order valence-corrected chi connectivity index (χ4v) is 6.14. The number of hydrogen-bond donors (Lipinski definition) is 5. The number of anilines is 1. The van der Waals surface area contributed by atoms with Gasteiger partial charge < -0.3 is 25.7 Å². The van der Waals surface area contributed by atoms with Gasteiger partial charge in [-0.15, -0.1) is 0 Å². The molecule has 0 spiro atoms. The third-order valence-corrected chi connectivity index (χ3v) is 8.07. The lowest BCUT2D eigenvalue weighted by molar-refractivity contribution is -0.139. The highest BCUT2D eigenvalue weighted by atomic mass is 16.4. The van der Waals surface area contributed by atoms with Crippen molar-refractivity contribution in [2.45, 2.75) is 25.3 Å². The minimum absolute atomic E-state index is 0.0526. The average Bonchev–Trinajstić information content (AvgIpc) is 3.15. The molecule has 6 N–H and O–H groups in total. The quantitative estimate of drug-likeness (QED) is 0.315. The number of fused-ring (bicyclic) bond motifs is 5. The molecule has 1 aromatic carbocycles. The van der Waals surface area contributed by atoms with Crippen LogP contribution in [0.1, 0.15) is 24.5 Å². The van der Waals surface area contributed by atoms with Crippen molar-refractivity contribution in [3.05, 3.63) is 44.6 Å². The van der Waals surface area contributed by atoms with Crippen LogP contribution in [0.4, 0.5) is 5.69 Å². The second-order valence-electron chi connectivity index (χ2n) is 9.76. The summed E-state index contributed by atoms with van der Waals surface area (Å²) >= 11 is 0. The smallest absolute Gasteiger partial charge is 0.417 e. The number of amides is 1. The molecule has 2 aromatic rings. The first-order valence-electron chi connectivity index (χ1n) is 11.2. The summed E-state index contributed by atoms with van der Waals surface area (Å²) in [5.41, 5.74) is 5.68. The van der Waals surface area contributed by atoms with Crippen molar-refractivity contribution in [3.8, 4) is 0 Å². The monoisotopic (exact) mass is 482 g/mol. The number of nitrogens with one attached hydrogen (secondary N) is 2. The van der Waals surface area contributed by atoms with Crippen molar-refractivity contribution in [1.82, 2.24) is 9.88 Å². The van der Waals surface area contributed by atoms with Crippen LogP contribution in [0.15, 0.2) is 32.2 Å². The van der Waals surface area contributed by atoms with Gasteiger partial charge in [-0.05, 0) is 51.4 Å². The van der Waals surface area contributed by atoms with Crippen molar-refractivity contribution in [2.75, 3.05) is 26.5 Å². The van der Waals surface area contributed by atoms with Gasteiger partial charge in [-0.1, -0.05) is 0 Å². The molecule has 11 nitrogen and oxygen atoms in total. The predicted molar refractivity (Wildman–Crippen MR) is 126 cm³/mol. The first-order chi connectivity index (χ1) is 16.4. The van der Waals surface area contributed by atoms with E-state index in [4.69, 9.17) is 10.2 Å². The summed E-state index contributed by atoms with van der Waals surface area (Å²) in [5.74, 6) is -6.56. The average molecular weight is 482 g/mol. The maximum absolute atomic E-state index is 13.9. The number of benzene rings is 1. The number of H-pyrrole nitrogens is 1. The Balaban J connectivity index is 1.76. The molecule has 0 aliphatic heterocycles. The van der Waals surface area contributed by atoms with Crippen LogP contribution in [0.5, 0.6) is 0 Å². The third-order valence-electron chi connectivity index (χ3n) is 8.07. The number of aliphatic hydroxyl groups excluding tert-OH is 2. The van der Waals surface area contributed by atoms with Gasteiger partial charge in [-0.2, -0.15) is 0 Å². The van der Waals surface area contributed by atoms with Crippen LogP contribution < -0.4 is 16.8 Å². The fraction of sp³-hybridized carbons (Fsp3) is 0.417. The molecule has 1 amide bonds. The number of carbonyl (C=O) groups excluding carboxylic acids is 3. The maximum atomic E-state index is 13.9. The number of primary amides is 1. The summed E-state index contributed by atoms with van der Waals surface area (Å²) < 4.78 is 5.29. The Morgan fingerprint density at radius 3 is 2.54 bits per heavy atom. The molecule has 4 atom stereocenters. The van der Waals surface area contributed by atoms with E-state index < -0.39 is 57.9 Å². The Hall–Kier alpha value is -3.86. The van der Waals surface area contributed by atoms with Crippen LogP contribution in [-0.2, 0) is 20.8 Å². The van der Waals surface area contributed by atoms with E-state index in [2.05, 4.69) is 10.3 Å². The highest BCUT2D eigenvalue weighted by Gasteiger charge is 2.60. The first-order valence-corrected chi connectivity index (χ1v) is 11.2. The number of aromatic nitrogens is 1. The SMILES string of the molecule is CNc1cc2[nH]c(=O)oc2c2c1CC1CC3C(C(=O)C(C(N)=O)=C(O)C3(C)N(C)C)C(=O)C1=C2O. The summed E-state index contributed by atoms with van der Waals surface area (Å²) in [4.78, 5) is 55.5. The van der Waals surface area contributed by atoms with Gasteiger partial charge in [0.2, 0.25) is 0 Å². The molecule has 3 aliphatic rings. The lowest BCUT2D eigenvalue weighted by Gasteiger charge is -2.52. The van der Waals surface area contributed by atoms with Crippen LogP contribution in [0, 0.1) is 17.8 Å². The topological polar surface area (TPSA) is 179 Å². The highest BCUT2D eigenvalue weighted by Crippen LogP contribution is 2.54. The summed E-state index contributed by atoms with van der Waals surface area (Å²) in [5, 5.41) is 25.5. The van der Waals surface area contributed by atoms with E-state index in [-0.39, 0.29) is 28.9 Å². The number of likely N-dealkylation sites (N-methyl/N-ethyl adjacent to an activating group) is 1. The number of Topliss-reactive ketones (excluding diaryl/α,β-unsaturated/α-hetero) is 2. The highest BCUT2D eigenvalue weighted by molar-refractivity contribution is 6.28. The van der Waals surface area contributed by atoms with Gasteiger partial charge in [-0.25, -0.2) is 4.79 Å². The molecule has 0 radical (unpaired) electrons. The predicted octanol–water partition coefficient (Wildman–Crippen LogP) is 1.01. The normalized spacial score (nSPS) is 28.3. The van der Waals surface area contributed by atoms with E-state index >= 15 is 0 Å². The Labute approximate surface area is 199 Å².